The molecule has 0 aromatic rings. The van der Waals surface area contributed by atoms with E-state index in [1.807, 2.05) is 0 Å². The molecule has 0 radical (unpaired) electrons. The van der Waals surface area contributed by atoms with Gasteiger partial charge in [-0.05, 0) is 32.6 Å². The molecule has 0 aromatic carbocycles. The molecule has 4 nitrogen and oxygen atoms in total. The van der Waals surface area contributed by atoms with Crippen LogP contribution >= 0.6 is 0 Å². The third kappa shape index (κ3) is 2.79. The molecule has 3 rings (SSSR count). The van der Waals surface area contributed by atoms with E-state index in [1.165, 1.54) is 12.8 Å². The van der Waals surface area contributed by atoms with E-state index in [0.29, 0.717) is 24.1 Å². The Bertz CT molecular complexity index is 324. The molecule has 3 aliphatic rings. The molecule has 2 heterocycles. The van der Waals surface area contributed by atoms with Gasteiger partial charge in [0.2, 0.25) is 5.91 Å². The fourth-order valence-electron chi connectivity index (χ4n) is 3.81. The third-order valence-corrected chi connectivity index (χ3v) is 5.03. The molecule has 1 aliphatic carbocycles. The van der Waals surface area contributed by atoms with Crippen LogP contribution in [-0.4, -0.2) is 48.7 Å². The molecule has 2 aliphatic heterocycles. The maximum atomic E-state index is 12.7. The summed E-state index contributed by atoms with van der Waals surface area (Å²) in [6, 6.07) is 0.922. The number of carbonyl (C=O) groups is 1. The van der Waals surface area contributed by atoms with Crippen molar-refractivity contribution in [2.75, 3.05) is 19.7 Å². The van der Waals surface area contributed by atoms with Crippen LogP contribution in [0.2, 0.25) is 0 Å². The molecule has 19 heavy (non-hydrogen) atoms. The van der Waals surface area contributed by atoms with E-state index in [4.69, 9.17) is 4.74 Å². The van der Waals surface area contributed by atoms with Crippen LogP contribution in [0.1, 0.15) is 45.4 Å². The second-order valence-corrected chi connectivity index (χ2v) is 6.38. The number of carbonyl (C=O) groups excluding carboxylic acids is 1. The maximum absolute atomic E-state index is 12.7. The summed E-state index contributed by atoms with van der Waals surface area (Å²) in [5.74, 6) is 0.566. The van der Waals surface area contributed by atoms with E-state index in [0.717, 1.165) is 45.4 Å². The Morgan fingerprint density at radius 2 is 2.05 bits per heavy atom. The molecule has 108 valence electrons. The number of piperidine rings is 1. The highest BCUT2D eigenvalue weighted by molar-refractivity contribution is 5.79. The number of rotatable bonds is 1. The quantitative estimate of drug-likeness (QED) is 0.783. The van der Waals surface area contributed by atoms with Gasteiger partial charge in [-0.1, -0.05) is 12.8 Å². The van der Waals surface area contributed by atoms with Crippen LogP contribution in [0.5, 0.6) is 0 Å². The van der Waals surface area contributed by atoms with Gasteiger partial charge in [-0.2, -0.15) is 0 Å². The van der Waals surface area contributed by atoms with Crippen molar-refractivity contribution in [2.24, 2.45) is 5.92 Å². The Hall–Kier alpha value is -0.610. The summed E-state index contributed by atoms with van der Waals surface area (Å²) in [5, 5.41) is 3.45. The van der Waals surface area contributed by atoms with Gasteiger partial charge in [-0.3, -0.25) is 4.79 Å². The van der Waals surface area contributed by atoms with Crippen molar-refractivity contribution in [1.29, 1.82) is 0 Å². The topological polar surface area (TPSA) is 41.6 Å². The molecule has 1 N–H and O–H groups in total. The number of hydrogen-bond acceptors (Lipinski definition) is 3. The number of amides is 1. The summed E-state index contributed by atoms with van der Waals surface area (Å²) >= 11 is 0. The zero-order valence-electron chi connectivity index (χ0n) is 11.9. The molecule has 0 aromatic heterocycles. The summed E-state index contributed by atoms with van der Waals surface area (Å²) in [6.45, 7) is 4.58. The summed E-state index contributed by atoms with van der Waals surface area (Å²) in [5.41, 5.74) is 0. The Kier molecular flexibility index (Phi) is 4.08. The SMILES string of the molecule is CC1CCC(C(=O)N2CCOC3CCCCC32)CN1. The number of nitrogens with zero attached hydrogens (tertiary/aromatic N) is 1. The summed E-state index contributed by atoms with van der Waals surface area (Å²) in [7, 11) is 0. The largest absolute Gasteiger partial charge is 0.374 e. The van der Waals surface area contributed by atoms with Gasteiger partial charge in [-0.15, -0.1) is 0 Å². The van der Waals surface area contributed by atoms with Gasteiger partial charge in [0.25, 0.3) is 0 Å². The lowest BCUT2D eigenvalue weighted by molar-refractivity contribution is -0.154. The summed E-state index contributed by atoms with van der Waals surface area (Å²) in [6.07, 6.45) is 7.24. The average Bonchev–Trinajstić information content (AvgIpc) is 2.47. The number of fused-ring (bicyclic) bond motifs is 1. The minimum atomic E-state index is 0.192. The van der Waals surface area contributed by atoms with Gasteiger partial charge in [0.05, 0.1) is 24.7 Å². The standard InChI is InChI=1S/C15H26N2O2/c1-11-6-7-12(10-16-11)15(18)17-8-9-19-14-5-3-2-4-13(14)17/h11-14,16H,2-10H2,1H3. The van der Waals surface area contributed by atoms with Crippen molar-refractivity contribution in [3.63, 3.8) is 0 Å². The van der Waals surface area contributed by atoms with Gasteiger partial charge in [0.15, 0.2) is 0 Å². The number of nitrogens with one attached hydrogen (secondary N) is 1. The number of ether oxygens (including phenoxy) is 1. The lowest BCUT2D eigenvalue weighted by atomic mass is 9.88. The molecule has 0 spiro atoms. The molecule has 4 unspecified atom stereocenters. The van der Waals surface area contributed by atoms with Crippen molar-refractivity contribution >= 4 is 5.91 Å². The molecule has 0 bridgehead atoms. The molecule has 3 fully saturated rings. The molecule has 4 atom stereocenters. The fraction of sp³-hybridized carbons (Fsp3) is 0.933. The fourth-order valence-corrected chi connectivity index (χ4v) is 3.81. The molecular weight excluding hydrogens is 240 g/mol. The Morgan fingerprint density at radius 3 is 2.84 bits per heavy atom. The predicted molar refractivity (Wildman–Crippen MR) is 73.9 cm³/mol. The molecule has 4 heteroatoms. The number of morpholine rings is 1. The van der Waals surface area contributed by atoms with Gasteiger partial charge in [0, 0.05) is 19.1 Å². The van der Waals surface area contributed by atoms with Crippen molar-refractivity contribution in [3.05, 3.63) is 0 Å². The van der Waals surface area contributed by atoms with Crippen LogP contribution in [0.3, 0.4) is 0 Å². The first-order valence-corrected chi connectivity index (χ1v) is 7.91. The molecule has 2 saturated heterocycles. The first-order valence-electron chi connectivity index (χ1n) is 7.91. The van der Waals surface area contributed by atoms with Gasteiger partial charge < -0.3 is 15.0 Å². The second kappa shape index (κ2) is 5.80. The highest BCUT2D eigenvalue weighted by Crippen LogP contribution is 2.30. The van der Waals surface area contributed by atoms with E-state index in [2.05, 4.69) is 17.1 Å². The zero-order chi connectivity index (χ0) is 13.2. The minimum absolute atomic E-state index is 0.192. The lowest BCUT2D eigenvalue weighted by Gasteiger charge is -2.45. The van der Waals surface area contributed by atoms with E-state index in [1.54, 1.807) is 0 Å². The van der Waals surface area contributed by atoms with Gasteiger partial charge >= 0.3 is 0 Å². The molecular formula is C15H26N2O2. The average molecular weight is 266 g/mol. The minimum Gasteiger partial charge on any atom is -0.374 e. The monoisotopic (exact) mass is 266 g/mol. The van der Waals surface area contributed by atoms with Crippen molar-refractivity contribution in [1.82, 2.24) is 10.2 Å². The smallest absolute Gasteiger partial charge is 0.227 e. The van der Waals surface area contributed by atoms with E-state index in [-0.39, 0.29) is 5.92 Å². The zero-order valence-corrected chi connectivity index (χ0v) is 11.9. The van der Waals surface area contributed by atoms with E-state index < -0.39 is 0 Å². The first kappa shape index (κ1) is 13.4. The molecule has 1 amide bonds. The van der Waals surface area contributed by atoms with Crippen LogP contribution < -0.4 is 5.32 Å². The Morgan fingerprint density at radius 1 is 1.21 bits per heavy atom. The van der Waals surface area contributed by atoms with Crippen molar-refractivity contribution in [2.45, 2.75) is 63.6 Å². The van der Waals surface area contributed by atoms with Gasteiger partial charge in [0.1, 0.15) is 0 Å². The summed E-state index contributed by atoms with van der Waals surface area (Å²) < 4.78 is 5.86. The van der Waals surface area contributed by atoms with Gasteiger partial charge in [-0.25, -0.2) is 0 Å². The van der Waals surface area contributed by atoms with Crippen LogP contribution in [0.15, 0.2) is 0 Å². The molecule has 1 saturated carbocycles. The normalized spacial score (nSPS) is 39.7. The van der Waals surface area contributed by atoms with E-state index >= 15 is 0 Å². The Labute approximate surface area is 115 Å². The second-order valence-electron chi connectivity index (χ2n) is 6.38. The maximum Gasteiger partial charge on any atom is 0.227 e. The van der Waals surface area contributed by atoms with Crippen LogP contribution in [-0.2, 0) is 9.53 Å². The number of hydrogen-bond donors (Lipinski definition) is 1. The van der Waals surface area contributed by atoms with Crippen molar-refractivity contribution in [3.8, 4) is 0 Å². The highest BCUT2D eigenvalue weighted by Gasteiger charge is 2.39. The van der Waals surface area contributed by atoms with Crippen LogP contribution in [0.4, 0.5) is 0 Å². The van der Waals surface area contributed by atoms with Crippen molar-refractivity contribution < 1.29 is 9.53 Å². The highest BCUT2D eigenvalue weighted by atomic mass is 16.5. The van der Waals surface area contributed by atoms with Crippen LogP contribution in [0.25, 0.3) is 0 Å². The summed E-state index contributed by atoms with van der Waals surface area (Å²) in [4.78, 5) is 14.9. The predicted octanol–water partition coefficient (Wildman–Crippen LogP) is 1.54. The third-order valence-electron chi connectivity index (χ3n) is 5.03. The first-order chi connectivity index (χ1) is 9.25. The van der Waals surface area contributed by atoms with E-state index in [9.17, 15) is 4.79 Å². The van der Waals surface area contributed by atoms with Crippen LogP contribution in [0, 0.1) is 5.92 Å². The Balaban J connectivity index is 1.64. The lowest BCUT2D eigenvalue weighted by Crippen LogP contribution is -2.57.